The first-order valence-electron chi connectivity index (χ1n) is 6.16. The molecule has 0 fully saturated rings. The molecular weight excluding hydrogens is 249 g/mol. The Bertz CT molecular complexity index is 556. The van der Waals surface area contributed by atoms with E-state index in [4.69, 9.17) is 0 Å². The Labute approximate surface area is 109 Å². The van der Waals surface area contributed by atoms with Gasteiger partial charge in [-0.3, -0.25) is 0 Å². The molecule has 18 heavy (non-hydrogen) atoms. The Morgan fingerprint density at radius 3 is 2.89 bits per heavy atom. The van der Waals surface area contributed by atoms with Gasteiger partial charge in [-0.1, -0.05) is 6.07 Å². The molecule has 2 aromatic rings. The lowest BCUT2D eigenvalue weighted by Crippen LogP contribution is -1.99. The van der Waals surface area contributed by atoms with Gasteiger partial charge in [0.05, 0.1) is 12.3 Å². The molecule has 0 aliphatic heterocycles. The molecule has 0 saturated carbocycles. The number of hydrogen-bond acceptors (Lipinski definition) is 3. The summed E-state index contributed by atoms with van der Waals surface area (Å²) in [5, 5.41) is 10.2. The van der Waals surface area contributed by atoms with Crippen LogP contribution in [0, 0.1) is 5.82 Å². The largest absolute Gasteiger partial charge is 0.392 e. The molecule has 3 rings (SSSR count). The van der Waals surface area contributed by atoms with E-state index in [2.05, 4.69) is 4.98 Å². The van der Waals surface area contributed by atoms with Crippen LogP contribution < -0.4 is 0 Å². The van der Waals surface area contributed by atoms with Crippen molar-refractivity contribution in [1.29, 1.82) is 0 Å². The zero-order valence-electron chi connectivity index (χ0n) is 9.95. The van der Waals surface area contributed by atoms with Gasteiger partial charge in [0.2, 0.25) is 0 Å². The molecule has 0 atom stereocenters. The highest BCUT2D eigenvalue weighted by molar-refractivity contribution is 7.15. The summed E-state index contributed by atoms with van der Waals surface area (Å²) >= 11 is 1.64. The molecule has 1 aromatic heterocycles. The maximum atomic E-state index is 13.3. The van der Waals surface area contributed by atoms with E-state index in [0.717, 1.165) is 34.7 Å². The molecule has 1 aromatic carbocycles. The van der Waals surface area contributed by atoms with Crippen LogP contribution in [0.25, 0.3) is 10.6 Å². The second-order valence-corrected chi connectivity index (χ2v) is 5.64. The Morgan fingerprint density at radius 2 is 2.11 bits per heavy atom. The number of aliphatic hydroxyl groups excluding tert-OH is 1. The summed E-state index contributed by atoms with van der Waals surface area (Å²) in [5.74, 6) is -0.282. The molecule has 1 aliphatic carbocycles. The van der Waals surface area contributed by atoms with Crippen molar-refractivity contribution in [1.82, 2.24) is 4.98 Å². The summed E-state index contributed by atoms with van der Waals surface area (Å²) < 4.78 is 13.3. The molecule has 0 radical (unpaired) electrons. The van der Waals surface area contributed by atoms with E-state index in [1.54, 1.807) is 17.4 Å². The number of nitrogens with zero attached hydrogens (tertiary/aromatic N) is 1. The summed E-state index contributed by atoms with van der Waals surface area (Å²) in [4.78, 5) is 5.94. The van der Waals surface area contributed by atoms with E-state index >= 15 is 0 Å². The van der Waals surface area contributed by atoms with Crippen LogP contribution in [0.4, 0.5) is 4.39 Å². The number of hydrogen-bond donors (Lipinski definition) is 1. The highest BCUT2D eigenvalue weighted by atomic mass is 32.1. The van der Waals surface area contributed by atoms with Gasteiger partial charge in [-0.25, -0.2) is 9.37 Å². The predicted octanol–water partition coefficient (Wildman–Crippen LogP) is 3.32. The topological polar surface area (TPSA) is 33.1 Å². The van der Waals surface area contributed by atoms with Gasteiger partial charge in [0.25, 0.3) is 0 Å². The normalized spacial score (nSPS) is 14.6. The van der Waals surface area contributed by atoms with E-state index in [0.29, 0.717) is 0 Å². The van der Waals surface area contributed by atoms with Crippen molar-refractivity contribution < 1.29 is 9.50 Å². The smallest absolute Gasteiger partial charge is 0.124 e. The number of halogens is 1. The minimum absolute atomic E-state index is 0.0835. The zero-order chi connectivity index (χ0) is 12.5. The summed E-state index contributed by atoms with van der Waals surface area (Å²) in [7, 11) is 0. The van der Waals surface area contributed by atoms with Crippen LogP contribution in [0.5, 0.6) is 0 Å². The van der Waals surface area contributed by atoms with Gasteiger partial charge in [-0.05, 0) is 43.4 Å². The van der Waals surface area contributed by atoms with Gasteiger partial charge in [-0.2, -0.15) is 0 Å². The van der Waals surface area contributed by atoms with Crippen molar-refractivity contribution >= 4 is 11.3 Å². The highest BCUT2D eigenvalue weighted by Crippen LogP contribution is 2.34. The van der Waals surface area contributed by atoms with Crippen LogP contribution >= 0.6 is 11.3 Å². The van der Waals surface area contributed by atoms with Crippen LogP contribution in [-0.2, 0) is 19.4 Å². The van der Waals surface area contributed by atoms with Gasteiger partial charge in [0, 0.05) is 10.4 Å². The number of fused-ring (bicyclic) bond motifs is 1. The lowest BCUT2D eigenvalue weighted by molar-refractivity contribution is 0.282. The number of aromatic nitrogens is 1. The quantitative estimate of drug-likeness (QED) is 0.901. The van der Waals surface area contributed by atoms with E-state index in [-0.39, 0.29) is 12.4 Å². The van der Waals surface area contributed by atoms with Crippen LogP contribution in [0.15, 0.2) is 18.2 Å². The molecule has 1 heterocycles. The van der Waals surface area contributed by atoms with Gasteiger partial charge >= 0.3 is 0 Å². The molecule has 1 aliphatic rings. The third-order valence-electron chi connectivity index (χ3n) is 3.32. The Kier molecular flexibility index (Phi) is 3.14. The molecule has 0 unspecified atom stereocenters. The number of aryl methyl sites for hydroxylation is 2. The zero-order valence-corrected chi connectivity index (χ0v) is 10.8. The fraction of sp³-hybridized carbons (Fsp3) is 0.357. The van der Waals surface area contributed by atoms with Crippen molar-refractivity contribution in [2.75, 3.05) is 0 Å². The lowest BCUT2D eigenvalue weighted by Gasteiger charge is -2.06. The monoisotopic (exact) mass is 263 g/mol. The van der Waals surface area contributed by atoms with Gasteiger partial charge in [0.1, 0.15) is 10.8 Å². The Balaban J connectivity index is 2.08. The second-order valence-electron chi connectivity index (χ2n) is 4.56. The SMILES string of the molecule is OCc1ccc(F)cc1-c1nc2c(s1)CCCC2. The first kappa shape index (κ1) is 11.8. The summed E-state index contributed by atoms with van der Waals surface area (Å²) in [6.07, 6.45) is 4.50. The fourth-order valence-electron chi connectivity index (χ4n) is 2.35. The minimum atomic E-state index is -0.282. The summed E-state index contributed by atoms with van der Waals surface area (Å²) in [5.41, 5.74) is 2.63. The average molecular weight is 263 g/mol. The van der Waals surface area contributed by atoms with Crippen molar-refractivity contribution in [3.05, 3.63) is 40.2 Å². The predicted molar refractivity (Wildman–Crippen MR) is 70.1 cm³/mol. The number of benzene rings is 1. The van der Waals surface area contributed by atoms with Crippen molar-refractivity contribution in [2.24, 2.45) is 0 Å². The molecule has 4 heteroatoms. The first-order valence-corrected chi connectivity index (χ1v) is 6.98. The molecule has 0 bridgehead atoms. The van der Waals surface area contributed by atoms with E-state index in [1.165, 1.54) is 29.9 Å². The number of aliphatic hydroxyl groups is 1. The molecule has 1 N–H and O–H groups in total. The second kappa shape index (κ2) is 4.78. The van der Waals surface area contributed by atoms with Gasteiger partial charge < -0.3 is 5.11 Å². The molecular formula is C14H14FNOS. The Hall–Kier alpha value is -1.26. The third kappa shape index (κ3) is 2.06. The maximum absolute atomic E-state index is 13.3. The lowest BCUT2D eigenvalue weighted by atomic mass is 10.0. The van der Waals surface area contributed by atoms with Crippen LogP contribution in [0.1, 0.15) is 29.0 Å². The Morgan fingerprint density at radius 1 is 1.28 bits per heavy atom. The summed E-state index contributed by atoms with van der Waals surface area (Å²) in [6.45, 7) is -0.0835. The minimum Gasteiger partial charge on any atom is -0.392 e. The van der Waals surface area contributed by atoms with Gasteiger partial charge in [0.15, 0.2) is 0 Å². The van der Waals surface area contributed by atoms with Crippen molar-refractivity contribution in [2.45, 2.75) is 32.3 Å². The van der Waals surface area contributed by atoms with Crippen LogP contribution in [-0.4, -0.2) is 10.1 Å². The molecule has 94 valence electrons. The van der Waals surface area contributed by atoms with Crippen molar-refractivity contribution in [3.63, 3.8) is 0 Å². The third-order valence-corrected chi connectivity index (χ3v) is 4.51. The van der Waals surface area contributed by atoms with Crippen LogP contribution in [0.2, 0.25) is 0 Å². The number of thiazole rings is 1. The average Bonchev–Trinajstić information content (AvgIpc) is 2.82. The summed E-state index contributed by atoms with van der Waals surface area (Å²) in [6, 6.07) is 4.48. The standard InChI is InChI=1S/C14H14FNOS/c15-10-6-5-9(8-17)11(7-10)14-16-12-3-1-2-4-13(12)18-14/h5-7,17H,1-4,8H2. The highest BCUT2D eigenvalue weighted by Gasteiger charge is 2.17. The van der Waals surface area contributed by atoms with Gasteiger partial charge in [-0.15, -0.1) is 11.3 Å². The fourth-order valence-corrected chi connectivity index (χ4v) is 3.55. The molecule has 0 amide bonds. The molecule has 2 nitrogen and oxygen atoms in total. The van der Waals surface area contributed by atoms with E-state index in [1.807, 2.05) is 0 Å². The first-order chi connectivity index (χ1) is 8.78. The maximum Gasteiger partial charge on any atom is 0.124 e. The van der Waals surface area contributed by atoms with Crippen LogP contribution in [0.3, 0.4) is 0 Å². The van der Waals surface area contributed by atoms with E-state index in [9.17, 15) is 9.50 Å². The number of rotatable bonds is 2. The molecule has 0 spiro atoms. The van der Waals surface area contributed by atoms with E-state index < -0.39 is 0 Å². The molecule has 0 saturated heterocycles. The van der Waals surface area contributed by atoms with Crippen molar-refractivity contribution in [3.8, 4) is 10.6 Å².